The second-order valence-corrected chi connectivity index (χ2v) is 20.2. The number of benzene rings is 6. The number of hydrogen-bond donors (Lipinski definition) is 3. The molecule has 3 unspecified atom stereocenters. The van der Waals surface area contributed by atoms with Crippen LogP contribution in [0.2, 0.25) is 0 Å². The van der Waals surface area contributed by atoms with Crippen molar-refractivity contribution < 1.29 is 61.9 Å². The molecule has 3 amide bonds. The third-order valence-corrected chi connectivity index (χ3v) is 12.6. The number of amides is 3. The highest BCUT2D eigenvalue weighted by Gasteiger charge is 2.51. The van der Waals surface area contributed by atoms with Gasteiger partial charge in [0.25, 0.3) is 0 Å². The lowest BCUT2D eigenvalue weighted by Gasteiger charge is -2.45. The van der Waals surface area contributed by atoms with Gasteiger partial charge in [-0.2, -0.15) is 0 Å². The van der Waals surface area contributed by atoms with Crippen LogP contribution in [0.15, 0.2) is 170 Å². The molecular weight excluding hydrogens is 1040 g/mol. The molecule has 396 valence electrons. The summed E-state index contributed by atoms with van der Waals surface area (Å²) < 4.78 is 45.8. The number of rotatable bonds is 21. The molecule has 0 radical (unpaired) electrons. The van der Waals surface area contributed by atoms with Gasteiger partial charge in [0.15, 0.2) is 12.3 Å². The lowest BCUT2D eigenvalue weighted by Crippen LogP contribution is -2.69. The highest BCUT2D eigenvalue weighted by Crippen LogP contribution is 2.44. The SMILES string of the molecule is O=C(C[C@H](NC(=O)OCc1ccccc1)C(=O)OCc1ccccc1)N[C@@H]1OC(COCc2ccccc2)[C@@H](OC(=O)OCC2c3ccccc3-c3ccccc32)C(OCc2ccccc2)C1NC(=O)OCC(Cl)(Cl)Cl. The molecule has 16 nitrogen and oxygen atoms in total. The second kappa shape index (κ2) is 27.0. The minimum atomic E-state index is -2.02. The van der Waals surface area contributed by atoms with Gasteiger partial charge < -0.3 is 53.8 Å². The quantitative estimate of drug-likeness (QED) is 0.0350. The first-order valence-electron chi connectivity index (χ1n) is 24.3. The Morgan fingerprint density at radius 2 is 1.05 bits per heavy atom. The summed E-state index contributed by atoms with van der Waals surface area (Å²) in [5, 5.41) is 7.86. The van der Waals surface area contributed by atoms with Gasteiger partial charge in [0.2, 0.25) is 9.70 Å². The van der Waals surface area contributed by atoms with Gasteiger partial charge >= 0.3 is 24.3 Å². The summed E-state index contributed by atoms with van der Waals surface area (Å²) in [6, 6.07) is 48.6. The van der Waals surface area contributed by atoms with Gasteiger partial charge in [-0.25, -0.2) is 19.2 Å². The van der Waals surface area contributed by atoms with Gasteiger partial charge in [0, 0.05) is 5.92 Å². The van der Waals surface area contributed by atoms with E-state index in [2.05, 4.69) is 16.0 Å². The molecule has 1 saturated heterocycles. The van der Waals surface area contributed by atoms with Crippen molar-refractivity contribution in [1.29, 1.82) is 0 Å². The number of ether oxygens (including phenoxy) is 8. The number of fused-ring (bicyclic) bond motifs is 3. The number of alkyl carbamates (subject to hydrolysis) is 2. The summed E-state index contributed by atoms with van der Waals surface area (Å²) in [6.07, 6.45) is -9.60. The van der Waals surface area contributed by atoms with E-state index in [1.54, 1.807) is 84.9 Å². The zero-order valence-electron chi connectivity index (χ0n) is 40.8. The maximum atomic E-state index is 14.4. The van der Waals surface area contributed by atoms with Crippen molar-refractivity contribution in [2.24, 2.45) is 0 Å². The van der Waals surface area contributed by atoms with Crippen LogP contribution in [-0.4, -0.2) is 90.5 Å². The van der Waals surface area contributed by atoms with Gasteiger partial charge in [0.05, 0.1) is 26.2 Å². The van der Waals surface area contributed by atoms with Crippen molar-refractivity contribution in [2.45, 2.75) is 79.2 Å². The van der Waals surface area contributed by atoms with Crippen LogP contribution in [0.1, 0.15) is 45.7 Å². The molecule has 0 spiro atoms. The fourth-order valence-electron chi connectivity index (χ4n) is 8.72. The summed E-state index contributed by atoms with van der Waals surface area (Å²) in [4.78, 5) is 69.4. The number of hydrogen-bond acceptors (Lipinski definition) is 13. The lowest BCUT2D eigenvalue weighted by atomic mass is 9.95. The van der Waals surface area contributed by atoms with Crippen LogP contribution in [-0.2, 0) is 73.9 Å². The van der Waals surface area contributed by atoms with Crippen molar-refractivity contribution >= 4 is 65.0 Å². The van der Waals surface area contributed by atoms with Crippen LogP contribution >= 0.6 is 34.8 Å². The number of esters is 1. The molecule has 0 aromatic heterocycles. The molecule has 1 fully saturated rings. The molecule has 1 aliphatic heterocycles. The molecule has 19 heteroatoms. The summed E-state index contributed by atoms with van der Waals surface area (Å²) >= 11 is 17.9. The zero-order valence-corrected chi connectivity index (χ0v) is 43.1. The first-order valence-corrected chi connectivity index (χ1v) is 25.4. The van der Waals surface area contributed by atoms with E-state index in [1.807, 2.05) is 84.9 Å². The van der Waals surface area contributed by atoms with E-state index in [4.69, 9.17) is 72.7 Å². The van der Waals surface area contributed by atoms with Gasteiger partial charge in [-0.15, -0.1) is 0 Å². The van der Waals surface area contributed by atoms with E-state index in [0.717, 1.165) is 27.8 Å². The van der Waals surface area contributed by atoms with E-state index in [9.17, 15) is 24.0 Å². The van der Waals surface area contributed by atoms with Gasteiger partial charge in [-0.3, -0.25) is 4.79 Å². The van der Waals surface area contributed by atoms with Crippen molar-refractivity contribution in [3.63, 3.8) is 0 Å². The van der Waals surface area contributed by atoms with E-state index >= 15 is 0 Å². The monoisotopic (exact) mass is 1090 g/mol. The topological polar surface area (TPSA) is 195 Å². The predicted octanol–water partition coefficient (Wildman–Crippen LogP) is 9.86. The van der Waals surface area contributed by atoms with E-state index in [1.165, 1.54) is 0 Å². The molecule has 1 heterocycles. The zero-order chi connectivity index (χ0) is 53.3. The minimum absolute atomic E-state index is 0.0920. The molecule has 6 aromatic carbocycles. The molecule has 0 bridgehead atoms. The third-order valence-electron chi connectivity index (χ3n) is 12.3. The molecule has 76 heavy (non-hydrogen) atoms. The predicted molar refractivity (Wildman–Crippen MR) is 281 cm³/mol. The van der Waals surface area contributed by atoms with Crippen LogP contribution < -0.4 is 16.0 Å². The second-order valence-electron chi connectivity index (χ2n) is 17.7. The Labute approximate surface area is 454 Å². The average Bonchev–Trinajstić information content (AvgIpc) is 3.77. The fraction of sp³-hybridized carbons (Fsp3) is 0.281. The first-order chi connectivity index (χ1) is 36.9. The number of carbonyl (C=O) groups excluding carboxylic acids is 5. The van der Waals surface area contributed by atoms with Crippen molar-refractivity contribution in [3.8, 4) is 11.1 Å². The molecule has 0 saturated carbocycles. The van der Waals surface area contributed by atoms with Crippen LogP contribution in [0.5, 0.6) is 0 Å². The molecular formula is C57H54Cl3N3O13. The maximum Gasteiger partial charge on any atom is 0.508 e. The van der Waals surface area contributed by atoms with Crippen LogP contribution in [0, 0.1) is 0 Å². The standard InChI is InChI=1S/C57H54Cl3N3O13/c58-57(59,60)36-74-55(67)63-49-51(70-31-38-19-7-2-8-20-38)50(76-56(68)73-34-45-43-27-15-13-25-41(43)42-26-14-16-28-44(42)45)47(35-69-30-37-17-5-1-6-18-37)75-52(49)62-48(64)29-46(53(65)71-32-39-21-9-3-10-22-39)61-54(66)72-33-40-23-11-4-12-24-40/h1-28,45-47,49-52H,29-36H2,(H,61,66)(H,62,64)(H,63,67)/t46-,47?,49?,50+,51?,52+/m0/s1. The number of nitrogens with one attached hydrogen (secondary N) is 3. The first kappa shape index (κ1) is 55.1. The third kappa shape index (κ3) is 15.9. The number of carbonyl (C=O) groups is 5. The van der Waals surface area contributed by atoms with Crippen LogP contribution in [0.25, 0.3) is 11.1 Å². The summed E-state index contributed by atoms with van der Waals surface area (Å²) in [6.45, 7) is -1.39. The molecule has 6 atom stereocenters. The average molecular weight is 1100 g/mol. The Kier molecular flexibility index (Phi) is 19.6. The normalized spacial score (nSPS) is 18.2. The summed E-state index contributed by atoms with van der Waals surface area (Å²) in [5.74, 6) is -2.16. The van der Waals surface area contributed by atoms with Gasteiger partial charge in [0.1, 0.15) is 50.7 Å². The molecule has 3 N–H and O–H groups in total. The Morgan fingerprint density at radius 1 is 0.539 bits per heavy atom. The van der Waals surface area contributed by atoms with Crippen LogP contribution in [0.4, 0.5) is 14.4 Å². The number of alkyl halides is 3. The Balaban J connectivity index is 1.08. The lowest BCUT2D eigenvalue weighted by molar-refractivity contribution is -0.224. The van der Waals surface area contributed by atoms with Crippen molar-refractivity contribution in [3.05, 3.63) is 203 Å². The van der Waals surface area contributed by atoms with E-state index in [-0.39, 0.29) is 45.6 Å². The largest absolute Gasteiger partial charge is 0.508 e. The summed E-state index contributed by atoms with van der Waals surface area (Å²) in [7, 11) is 0. The van der Waals surface area contributed by atoms with Gasteiger partial charge in [-0.1, -0.05) is 205 Å². The smallest absolute Gasteiger partial charge is 0.459 e. The fourth-order valence-corrected chi connectivity index (χ4v) is 8.89. The van der Waals surface area contributed by atoms with Crippen molar-refractivity contribution in [2.75, 3.05) is 19.8 Å². The molecule has 8 rings (SSSR count). The maximum absolute atomic E-state index is 14.4. The molecule has 6 aromatic rings. The highest BCUT2D eigenvalue weighted by atomic mass is 35.6. The Morgan fingerprint density at radius 3 is 1.62 bits per heavy atom. The molecule has 2 aliphatic rings. The van der Waals surface area contributed by atoms with E-state index in [0.29, 0.717) is 16.7 Å². The Hall–Kier alpha value is -7.18. The molecule has 1 aliphatic carbocycles. The number of halogens is 3. The van der Waals surface area contributed by atoms with Crippen LogP contribution in [0.3, 0.4) is 0 Å². The Bertz CT molecular complexity index is 2820. The summed E-state index contributed by atoms with van der Waals surface area (Å²) in [5.41, 5.74) is 6.79. The van der Waals surface area contributed by atoms with Crippen molar-refractivity contribution in [1.82, 2.24) is 16.0 Å². The van der Waals surface area contributed by atoms with Gasteiger partial charge in [-0.05, 0) is 44.5 Å². The van der Waals surface area contributed by atoms with E-state index < -0.39 is 83.7 Å². The highest BCUT2D eigenvalue weighted by molar-refractivity contribution is 6.67. The minimum Gasteiger partial charge on any atom is -0.459 e.